The maximum absolute atomic E-state index is 12.5. The fourth-order valence-corrected chi connectivity index (χ4v) is 2.96. The number of piperidine rings is 1. The van der Waals surface area contributed by atoms with Crippen LogP contribution in [0.2, 0.25) is 0 Å². The van der Waals surface area contributed by atoms with Crippen molar-refractivity contribution >= 4 is 5.91 Å². The van der Waals surface area contributed by atoms with E-state index in [9.17, 15) is 4.79 Å². The highest BCUT2D eigenvalue weighted by Crippen LogP contribution is 2.36. The number of benzene rings is 1. The van der Waals surface area contributed by atoms with Gasteiger partial charge in [-0.05, 0) is 37.8 Å². The highest BCUT2D eigenvalue weighted by molar-refractivity contribution is 5.92. The lowest BCUT2D eigenvalue weighted by molar-refractivity contribution is 0.0737. The molecule has 2 fully saturated rings. The van der Waals surface area contributed by atoms with Crippen LogP contribution in [0.25, 0.3) is 5.69 Å². The van der Waals surface area contributed by atoms with Crippen LogP contribution >= 0.6 is 0 Å². The molecule has 0 radical (unpaired) electrons. The van der Waals surface area contributed by atoms with Crippen LogP contribution in [0.3, 0.4) is 0 Å². The number of hydrogen-bond acceptors (Lipinski definition) is 3. The molecule has 4 rings (SSSR count). The van der Waals surface area contributed by atoms with Gasteiger partial charge in [0, 0.05) is 13.1 Å². The minimum absolute atomic E-state index is 0.0120. The first-order valence-electron chi connectivity index (χ1n) is 7.78. The van der Waals surface area contributed by atoms with Gasteiger partial charge in [-0.25, -0.2) is 0 Å². The third kappa shape index (κ3) is 2.54. The summed E-state index contributed by atoms with van der Waals surface area (Å²) < 4.78 is 0. The number of para-hydroxylation sites is 1. The van der Waals surface area contributed by atoms with Gasteiger partial charge in [-0.2, -0.15) is 9.90 Å². The van der Waals surface area contributed by atoms with Gasteiger partial charge in [-0.3, -0.25) is 4.79 Å². The van der Waals surface area contributed by atoms with E-state index in [0.717, 1.165) is 31.6 Å². The van der Waals surface area contributed by atoms with Crippen LogP contribution < -0.4 is 0 Å². The predicted octanol–water partition coefficient (Wildman–Crippen LogP) is 2.59. The summed E-state index contributed by atoms with van der Waals surface area (Å²) in [4.78, 5) is 15.9. The highest BCUT2D eigenvalue weighted by atomic mass is 16.2. The van der Waals surface area contributed by atoms with Crippen molar-refractivity contribution in [3.05, 3.63) is 53.4 Å². The molecule has 1 saturated carbocycles. The van der Waals surface area contributed by atoms with Gasteiger partial charge in [0.1, 0.15) is 0 Å². The molecule has 0 spiro atoms. The molecule has 2 aromatic rings. The Balaban J connectivity index is 1.47. The Morgan fingerprint density at radius 3 is 2.32 bits per heavy atom. The van der Waals surface area contributed by atoms with Crippen LogP contribution in [-0.2, 0) is 0 Å². The molecule has 1 amide bonds. The zero-order valence-corrected chi connectivity index (χ0v) is 12.4. The van der Waals surface area contributed by atoms with Crippen molar-refractivity contribution in [1.82, 2.24) is 19.9 Å². The average Bonchev–Trinajstić information content (AvgIpc) is 3.32. The van der Waals surface area contributed by atoms with Crippen molar-refractivity contribution in [2.45, 2.75) is 25.7 Å². The van der Waals surface area contributed by atoms with Gasteiger partial charge in [0.15, 0.2) is 5.69 Å². The fraction of sp³-hybridized carbons (Fsp3) is 0.353. The molecule has 1 aliphatic carbocycles. The standard InChI is InChI=1S/C17H18N4O/c22-17(20-10-8-14(9-11-20)13-6-7-13)16-12-18-21(19-16)15-4-2-1-3-5-15/h1-5,12H,6-11H2. The second-order valence-corrected chi connectivity index (χ2v) is 5.85. The lowest BCUT2D eigenvalue weighted by atomic mass is 10.0. The Morgan fingerprint density at radius 1 is 0.955 bits per heavy atom. The van der Waals surface area contributed by atoms with Gasteiger partial charge in [0.05, 0.1) is 11.9 Å². The maximum Gasteiger partial charge on any atom is 0.276 e. The van der Waals surface area contributed by atoms with Gasteiger partial charge < -0.3 is 4.90 Å². The van der Waals surface area contributed by atoms with E-state index in [1.165, 1.54) is 17.6 Å². The predicted molar refractivity (Wildman–Crippen MR) is 82.8 cm³/mol. The SMILES string of the molecule is O=C(c1cnn(-c2ccccc2)n1)N1CCC(=C2CC2)CC1. The average molecular weight is 294 g/mol. The maximum atomic E-state index is 12.5. The van der Waals surface area contributed by atoms with Crippen LogP contribution in [0.4, 0.5) is 0 Å². The molecule has 1 saturated heterocycles. The van der Waals surface area contributed by atoms with Crippen molar-refractivity contribution in [2.75, 3.05) is 13.1 Å². The molecule has 1 aromatic carbocycles. The van der Waals surface area contributed by atoms with E-state index in [0.29, 0.717) is 5.69 Å². The molecule has 0 atom stereocenters. The quantitative estimate of drug-likeness (QED) is 0.800. The minimum Gasteiger partial charge on any atom is -0.337 e. The summed E-state index contributed by atoms with van der Waals surface area (Å²) in [7, 11) is 0. The Hall–Kier alpha value is -2.43. The number of carbonyl (C=O) groups is 1. The van der Waals surface area contributed by atoms with E-state index in [1.807, 2.05) is 35.2 Å². The molecule has 5 nitrogen and oxygen atoms in total. The second kappa shape index (κ2) is 5.40. The molecular weight excluding hydrogens is 276 g/mol. The molecule has 2 aliphatic rings. The first-order chi connectivity index (χ1) is 10.8. The first-order valence-corrected chi connectivity index (χ1v) is 7.78. The van der Waals surface area contributed by atoms with E-state index < -0.39 is 0 Å². The Bertz CT molecular complexity index is 716. The van der Waals surface area contributed by atoms with Crippen molar-refractivity contribution in [3.63, 3.8) is 0 Å². The zero-order chi connectivity index (χ0) is 14.9. The van der Waals surface area contributed by atoms with Crippen molar-refractivity contribution in [1.29, 1.82) is 0 Å². The first kappa shape index (κ1) is 13.2. The number of aromatic nitrogens is 3. The molecule has 5 heteroatoms. The smallest absolute Gasteiger partial charge is 0.276 e. The minimum atomic E-state index is -0.0120. The fourth-order valence-electron chi connectivity index (χ4n) is 2.96. The molecule has 22 heavy (non-hydrogen) atoms. The molecule has 2 heterocycles. The third-order valence-electron chi connectivity index (χ3n) is 4.35. The topological polar surface area (TPSA) is 51.0 Å². The van der Waals surface area contributed by atoms with Crippen molar-refractivity contribution in [2.24, 2.45) is 0 Å². The monoisotopic (exact) mass is 294 g/mol. The number of carbonyl (C=O) groups excluding carboxylic acids is 1. The van der Waals surface area contributed by atoms with Gasteiger partial charge in [0.2, 0.25) is 0 Å². The van der Waals surface area contributed by atoms with Crippen molar-refractivity contribution < 1.29 is 4.79 Å². The van der Waals surface area contributed by atoms with Gasteiger partial charge in [0.25, 0.3) is 5.91 Å². The van der Waals surface area contributed by atoms with E-state index in [2.05, 4.69) is 10.2 Å². The molecule has 1 aromatic heterocycles. The Kier molecular flexibility index (Phi) is 3.25. The van der Waals surface area contributed by atoms with Crippen LogP contribution in [0, 0.1) is 0 Å². The van der Waals surface area contributed by atoms with E-state index in [-0.39, 0.29) is 5.91 Å². The largest absolute Gasteiger partial charge is 0.337 e. The van der Waals surface area contributed by atoms with Crippen LogP contribution in [0.1, 0.15) is 36.2 Å². The van der Waals surface area contributed by atoms with Gasteiger partial charge in [-0.1, -0.05) is 29.3 Å². The summed E-state index contributed by atoms with van der Waals surface area (Å²) in [6.07, 6.45) is 6.15. The number of allylic oxidation sites excluding steroid dienone is 1. The van der Waals surface area contributed by atoms with E-state index >= 15 is 0 Å². The second-order valence-electron chi connectivity index (χ2n) is 5.85. The number of amides is 1. The normalized spacial score (nSPS) is 17.7. The molecular formula is C17H18N4O. The van der Waals surface area contributed by atoms with Gasteiger partial charge >= 0.3 is 0 Å². The van der Waals surface area contributed by atoms with Crippen molar-refractivity contribution in [3.8, 4) is 5.69 Å². The summed E-state index contributed by atoms with van der Waals surface area (Å²) >= 11 is 0. The number of likely N-dealkylation sites (tertiary alicyclic amines) is 1. The van der Waals surface area contributed by atoms with Gasteiger partial charge in [-0.15, -0.1) is 5.10 Å². The Labute approximate surface area is 129 Å². The van der Waals surface area contributed by atoms with Crippen LogP contribution in [0.15, 0.2) is 47.7 Å². The zero-order valence-electron chi connectivity index (χ0n) is 12.4. The molecule has 0 N–H and O–H groups in total. The summed E-state index contributed by atoms with van der Waals surface area (Å²) in [6.45, 7) is 1.60. The number of nitrogens with zero attached hydrogens (tertiary/aromatic N) is 4. The summed E-state index contributed by atoms with van der Waals surface area (Å²) in [6, 6.07) is 9.64. The lowest BCUT2D eigenvalue weighted by Crippen LogP contribution is -2.36. The number of hydrogen-bond donors (Lipinski definition) is 0. The lowest BCUT2D eigenvalue weighted by Gasteiger charge is -2.27. The van der Waals surface area contributed by atoms with Crippen LogP contribution in [0.5, 0.6) is 0 Å². The highest BCUT2D eigenvalue weighted by Gasteiger charge is 2.26. The van der Waals surface area contributed by atoms with Crippen LogP contribution in [-0.4, -0.2) is 38.9 Å². The summed E-state index contributed by atoms with van der Waals surface area (Å²) in [5.74, 6) is -0.0120. The summed E-state index contributed by atoms with van der Waals surface area (Å²) in [5, 5.41) is 8.53. The van der Waals surface area contributed by atoms with E-state index in [4.69, 9.17) is 0 Å². The number of rotatable bonds is 2. The third-order valence-corrected chi connectivity index (χ3v) is 4.35. The Morgan fingerprint density at radius 2 is 1.64 bits per heavy atom. The molecule has 112 valence electrons. The summed E-state index contributed by atoms with van der Waals surface area (Å²) in [5.41, 5.74) is 4.49. The molecule has 0 unspecified atom stereocenters. The molecule has 1 aliphatic heterocycles. The molecule has 0 bridgehead atoms. The van der Waals surface area contributed by atoms with E-state index in [1.54, 1.807) is 17.3 Å².